The van der Waals surface area contributed by atoms with Gasteiger partial charge in [0.25, 0.3) is 0 Å². The lowest BCUT2D eigenvalue weighted by Crippen LogP contribution is -1.86. The lowest BCUT2D eigenvalue weighted by atomic mass is 10.1. The summed E-state index contributed by atoms with van der Waals surface area (Å²) in [6.07, 6.45) is 11.6. The molecule has 0 radical (unpaired) electrons. The largest absolute Gasteiger partial charge is 0.394 e. The molecule has 1 aromatic rings. The maximum absolute atomic E-state index is 8.55. The molecule has 20 heavy (non-hydrogen) atoms. The highest BCUT2D eigenvalue weighted by atomic mass is 16.3. The Labute approximate surface area is 121 Å². The highest BCUT2D eigenvalue weighted by molar-refractivity contribution is 5.71. The molecule has 1 rings (SSSR count). The van der Waals surface area contributed by atoms with Crippen molar-refractivity contribution >= 4 is 18.0 Å². The molecule has 0 aromatic heterocycles. The van der Waals surface area contributed by atoms with Crippen molar-refractivity contribution in [3.05, 3.63) is 59.7 Å². The van der Waals surface area contributed by atoms with E-state index in [4.69, 9.17) is 5.11 Å². The molecule has 0 aliphatic heterocycles. The van der Waals surface area contributed by atoms with E-state index in [9.17, 15) is 0 Å². The number of aliphatic hydroxyl groups is 1. The van der Waals surface area contributed by atoms with Crippen LogP contribution in [0.3, 0.4) is 0 Å². The second-order valence-electron chi connectivity index (χ2n) is 4.28. The molecule has 0 spiro atoms. The van der Waals surface area contributed by atoms with Crippen LogP contribution in [0.1, 0.15) is 12.5 Å². The molecular formula is C17H22N2O. The Kier molecular flexibility index (Phi) is 7.77. The van der Waals surface area contributed by atoms with Crippen molar-refractivity contribution in [3.63, 3.8) is 0 Å². The van der Waals surface area contributed by atoms with Crippen LogP contribution in [-0.4, -0.2) is 31.5 Å². The van der Waals surface area contributed by atoms with Crippen molar-refractivity contribution in [3.8, 4) is 0 Å². The van der Waals surface area contributed by atoms with Crippen LogP contribution >= 0.6 is 0 Å². The summed E-state index contributed by atoms with van der Waals surface area (Å²) < 4.78 is 0. The van der Waals surface area contributed by atoms with Crippen LogP contribution in [0.5, 0.6) is 0 Å². The summed E-state index contributed by atoms with van der Waals surface area (Å²) in [7, 11) is 1.91. The lowest BCUT2D eigenvalue weighted by Gasteiger charge is -2.00. The van der Waals surface area contributed by atoms with Crippen molar-refractivity contribution in [2.45, 2.75) is 6.92 Å². The van der Waals surface area contributed by atoms with Gasteiger partial charge in [-0.2, -0.15) is 0 Å². The first-order valence-corrected chi connectivity index (χ1v) is 6.66. The number of aliphatic imine (C=N–C) groups is 1. The zero-order chi connectivity index (χ0) is 14.6. The minimum Gasteiger partial charge on any atom is -0.394 e. The predicted octanol–water partition coefficient (Wildman–Crippen LogP) is 3.31. The molecule has 0 amide bonds. The fourth-order valence-corrected chi connectivity index (χ4v) is 1.57. The highest BCUT2D eigenvalue weighted by Crippen LogP contribution is 2.12. The van der Waals surface area contributed by atoms with Gasteiger partial charge in [-0.05, 0) is 30.7 Å². The van der Waals surface area contributed by atoms with E-state index in [0.29, 0.717) is 6.54 Å². The smallest absolute Gasteiger partial charge is 0.0626 e. The van der Waals surface area contributed by atoms with Gasteiger partial charge < -0.3 is 10.4 Å². The van der Waals surface area contributed by atoms with Crippen LogP contribution in [0.25, 0.3) is 6.08 Å². The molecule has 0 bridgehead atoms. The fourth-order valence-electron chi connectivity index (χ4n) is 1.57. The molecule has 0 fully saturated rings. The van der Waals surface area contributed by atoms with Gasteiger partial charge in [0.1, 0.15) is 0 Å². The molecule has 0 aliphatic carbocycles. The predicted molar refractivity (Wildman–Crippen MR) is 88.4 cm³/mol. The summed E-state index contributed by atoms with van der Waals surface area (Å²) in [5, 5.41) is 11.7. The maximum Gasteiger partial charge on any atom is 0.0626 e. The minimum absolute atomic E-state index is 0.0916. The van der Waals surface area contributed by atoms with Gasteiger partial charge >= 0.3 is 0 Å². The fraction of sp³-hybridized carbons (Fsp3) is 0.235. The molecule has 3 heteroatoms. The molecule has 0 aliphatic rings. The van der Waals surface area contributed by atoms with Crippen molar-refractivity contribution < 1.29 is 5.11 Å². The van der Waals surface area contributed by atoms with Gasteiger partial charge in [-0.1, -0.05) is 42.0 Å². The van der Waals surface area contributed by atoms with Gasteiger partial charge in [0.15, 0.2) is 0 Å². The van der Waals surface area contributed by atoms with E-state index in [2.05, 4.69) is 47.6 Å². The molecule has 3 nitrogen and oxygen atoms in total. The van der Waals surface area contributed by atoms with Gasteiger partial charge in [-0.3, -0.25) is 4.99 Å². The van der Waals surface area contributed by atoms with Crippen LogP contribution < -0.4 is 5.32 Å². The van der Waals surface area contributed by atoms with E-state index in [1.807, 2.05) is 31.4 Å². The average Bonchev–Trinajstić information content (AvgIpc) is 2.47. The van der Waals surface area contributed by atoms with Gasteiger partial charge in [-0.15, -0.1) is 0 Å². The molecule has 2 N–H and O–H groups in total. The third kappa shape index (κ3) is 6.71. The third-order valence-electron chi connectivity index (χ3n) is 2.60. The summed E-state index contributed by atoms with van der Waals surface area (Å²) in [5.41, 5.74) is 3.47. The number of anilines is 1. The van der Waals surface area contributed by atoms with E-state index >= 15 is 0 Å². The second-order valence-corrected chi connectivity index (χ2v) is 4.28. The van der Waals surface area contributed by atoms with Crippen molar-refractivity contribution in [1.82, 2.24) is 0 Å². The van der Waals surface area contributed by atoms with E-state index < -0.39 is 0 Å². The Morgan fingerprint density at radius 1 is 1.20 bits per heavy atom. The van der Waals surface area contributed by atoms with Gasteiger partial charge in [-0.25, -0.2) is 0 Å². The number of aliphatic hydroxyl groups excluding tert-OH is 1. The third-order valence-corrected chi connectivity index (χ3v) is 2.60. The second kappa shape index (κ2) is 9.75. The van der Waals surface area contributed by atoms with Crippen molar-refractivity contribution in [1.29, 1.82) is 0 Å². The number of hydrogen-bond donors (Lipinski definition) is 2. The number of nitrogens with zero attached hydrogens (tertiary/aromatic N) is 1. The number of allylic oxidation sites excluding steroid dienone is 5. The number of rotatable bonds is 7. The zero-order valence-electron chi connectivity index (χ0n) is 12.1. The minimum atomic E-state index is 0.0916. The van der Waals surface area contributed by atoms with Crippen LogP contribution in [0.15, 0.2) is 59.1 Å². The van der Waals surface area contributed by atoms with Gasteiger partial charge in [0.2, 0.25) is 0 Å². The molecule has 1 aromatic carbocycles. The molecule has 0 saturated heterocycles. The molecule has 0 saturated carbocycles. The van der Waals surface area contributed by atoms with Crippen LogP contribution in [0, 0.1) is 0 Å². The normalized spacial score (nSPS) is 12.8. The molecular weight excluding hydrogens is 248 g/mol. The first-order valence-electron chi connectivity index (χ1n) is 6.66. The highest BCUT2D eigenvalue weighted by Gasteiger charge is 1.89. The SMILES string of the molecule is CNc1ccc(/C=C(C)/C=C/C=C\C=NCCO)cc1. The number of hydrogen-bond acceptors (Lipinski definition) is 3. The summed E-state index contributed by atoms with van der Waals surface area (Å²) in [6.45, 7) is 2.61. The van der Waals surface area contributed by atoms with E-state index in [0.717, 1.165) is 5.69 Å². The van der Waals surface area contributed by atoms with E-state index in [-0.39, 0.29) is 6.61 Å². The van der Waals surface area contributed by atoms with E-state index in [1.165, 1.54) is 11.1 Å². The molecule has 106 valence electrons. The topological polar surface area (TPSA) is 44.6 Å². The Bertz CT molecular complexity index is 496. The van der Waals surface area contributed by atoms with Gasteiger partial charge in [0.05, 0.1) is 13.2 Å². The Hall–Kier alpha value is -2.13. The summed E-state index contributed by atoms with van der Waals surface area (Å²) in [6, 6.07) is 8.28. The van der Waals surface area contributed by atoms with Crippen molar-refractivity contribution in [2.24, 2.45) is 4.99 Å². The average molecular weight is 270 g/mol. The first kappa shape index (κ1) is 15.9. The molecule has 0 heterocycles. The Morgan fingerprint density at radius 2 is 1.95 bits per heavy atom. The molecule has 0 atom stereocenters. The van der Waals surface area contributed by atoms with E-state index in [1.54, 1.807) is 6.21 Å². The summed E-state index contributed by atoms with van der Waals surface area (Å²) in [5.74, 6) is 0. The lowest BCUT2D eigenvalue weighted by molar-refractivity contribution is 0.307. The summed E-state index contributed by atoms with van der Waals surface area (Å²) in [4.78, 5) is 3.97. The zero-order valence-corrected chi connectivity index (χ0v) is 12.1. The van der Waals surface area contributed by atoms with Gasteiger partial charge in [0, 0.05) is 18.9 Å². The first-order chi connectivity index (χ1) is 9.76. The Morgan fingerprint density at radius 3 is 2.60 bits per heavy atom. The van der Waals surface area contributed by atoms with Crippen molar-refractivity contribution in [2.75, 3.05) is 25.5 Å². The standard InChI is InChI=1S/C17H22N2O/c1-15(6-4-3-5-11-19-12-13-20)14-16-7-9-17(18-2)10-8-16/h3-11,14,18,20H,12-13H2,1-2H3/b5-3-,6-4+,15-14+,19-11?. The quantitative estimate of drug-likeness (QED) is 0.590. The Balaban J connectivity index is 2.51. The number of nitrogens with one attached hydrogen (secondary N) is 1. The number of benzene rings is 1. The summed E-state index contributed by atoms with van der Waals surface area (Å²) >= 11 is 0. The maximum atomic E-state index is 8.55. The van der Waals surface area contributed by atoms with Crippen LogP contribution in [-0.2, 0) is 0 Å². The van der Waals surface area contributed by atoms with Crippen LogP contribution in [0.2, 0.25) is 0 Å². The van der Waals surface area contributed by atoms with Crippen LogP contribution in [0.4, 0.5) is 5.69 Å². The molecule has 0 unspecified atom stereocenters. The monoisotopic (exact) mass is 270 g/mol.